The van der Waals surface area contributed by atoms with Crippen molar-refractivity contribution in [3.05, 3.63) is 47.5 Å². The third kappa shape index (κ3) is 6.00. The number of hydrogen-bond acceptors (Lipinski definition) is 4. The average Bonchev–Trinajstić information content (AvgIpc) is 3.04. The molecule has 0 saturated carbocycles. The van der Waals surface area contributed by atoms with Crippen LogP contribution in [0.2, 0.25) is 5.02 Å². The lowest BCUT2D eigenvalue weighted by atomic mass is 10.2. The normalized spacial score (nSPS) is 11.0. The highest BCUT2D eigenvalue weighted by molar-refractivity contribution is 6.30. The Balaban J connectivity index is 1.96. The Labute approximate surface area is 141 Å². The maximum absolute atomic E-state index is 12.5. The number of benzene rings is 1. The van der Waals surface area contributed by atoms with Crippen LogP contribution in [0, 0.1) is 0 Å². The fourth-order valence-electron chi connectivity index (χ4n) is 2.14. The Kier molecular flexibility index (Phi) is 6.55. The predicted octanol–water partition coefficient (Wildman–Crippen LogP) is 1.91. The van der Waals surface area contributed by atoms with Crippen LogP contribution in [-0.2, 0) is 17.9 Å². The molecule has 7 heteroatoms. The molecule has 0 aliphatic carbocycles. The summed E-state index contributed by atoms with van der Waals surface area (Å²) in [5, 5.41) is 4.73. The first-order valence-corrected chi connectivity index (χ1v) is 7.92. The van der Waals surface area contributed by atoms with Crippen LogP contribution in [0.3, 0.4) is 0 Å². The molecule has 0 radical (unpaired) electrons. The molecule has 1 aromatic carbocycles. The summed E-state index contributed by atoms with van der Waals surface area (Å²) >= 11 is 5.92. The molecule has 124 valence electrons. The lowest BCUT2D eigenvalue weighted by Crippen LogP contribution is -2.36. The van der Waals surface area contributed by atoms with Crippen LogP contribution < -0.4 is 0 Å². The summed E-state index contributed by atoms with van der Waals surface area (Å²) in [5.74, 6) is 0.109. The second-order valence-electron chi connectivity index (χ2n) is 5.65. The van der Waals surface area contributed by atoms with E-state index in [1.54, 1.807) is 11.0 Å². The quantitative estimate of drug-likeness (QED) is 0.739. The molecule has 0 bridgehead atoms. The lowest BCUT2D eigenvalue weighted by molar-refractivity contribution is -0.132. The molecule has 0 N–H and O–H groups in total. The second-order valence-corrected chi connectivity index (χ2v) is 6.09. The highest BCUT2D eigenvalue weighted by atomic mass is 35.5. The van der Waals surface area contributed by atoms with Gasteiger partial charge in [0.2, 0.25) is 5.91 Å². The molecule has 1 aromatic heterocycles. The Morgan fingerprint density at radius 1 is 1.22 bits per heavy atom. The minimum Gasteiger partial charge on any atom is -0.337 e. The molecule has 1 heterocycles. The van der Waals surface area contributed by atoms with Gasteiger partial charge in [0.25, 0.3) is 0 Å². The molecule has 0 unspecified atom stereocenters. The van der Waals surface area contributed by atoms with Crippen LogP contribution in [0.15, 0.2) is 36.9 Å². The van der Waals surface area contributed by atoms with Crippen LogP contribution in [0.4, 0.5) is 0 Å². The van der Waals surface area contributed by atoms with Gasteiger partial charge in [0.1, 0.15) is 12.7 Å². The largest absolute Gasteiger partial charge is 0.337 e. The van der Waals surface area contributed by atoms with Crippen LogP contribution in [0.25, 0.3) is 0 Å². The van der Waals surface area contributed by atoms with E-state index in [1.165, 1.54) is 6.33 Å². The van der Waals surface area contributed by atoms with Gasteiger partial charge < -0.3 is 9.80 Å². The molecule has 0 saturated heterocycles. The van der Waals surface area contributed by atoms with Crippen molar-refractivity contribution in [2.45, 2.75) is 19.5 Å². The van der Waals surface area contributed by atoms with Crippen molar-refractivity contribution in [2.24, 2.45) is 0 Å². The topological polar surface area (TPSA) is 54.3 Å². The van der Waals surface area contributed by atoms with E-state index in [9.17, 15) is 4.79 Å². The standard InChI is InChI=1S/C16H22ClN5O/c1-20(2)9-10-21(11-14-3-5-15(17)6-4-14)16(23)7-8-22-13-18-12-19-22/h3-6,12-13H,7-11H2,1-2H3. The number of amides is 1. The summed E-state index contributed by atoms with van der Waals surface area (Å²) < 4.78 is 1.67. The molecule has 6 nitrogen and oxygen atoms in total. The van der Waals surface area contributed by atoms with E-state index in [0.29, 0.717) is 31.1 Å². The Hall–Kier alpha value is -1.92. The minimum atomic E-state index is 0.109. The van der Waals surface area contributed by atoms with E-state index >= 15 is 0 Å². The van der Waals surface area contributed by atoms with E-state index < -0.39 is 0 Å². The van der Waals surface area contributed by atoms with Crippen molar-refractivity contribution in [3.8, 4) is 0 Å². The van der Waals surface area contributed by atoms with E-state index in [4.69, 9.17) is 11.6 Å². The maximum Gasteiger partial charge on any atom is 0.224 e. The molecule has 2 aromatic rings. The zero-order valence-corrected chi connectivity index (χ0v) is 14.3. The van der Waals surface area contributed by atoms with E-state index in [-0.39, 0.29) is 5.91 Å². The maximum atomic E-state index is 12.5. The first kappa shape index (κ1) is 17.4. The number of carbonyl (C=O) groups excluding carboxylic acids is 1. The fraction of sp³-hybridized carbons (Fsp3) is 0.438. The minimum absolute atomic E-state index is 0.109. The average molecular weight is 336 g/mol. The molecule has 0 fully saturated rings. The first-order valence-electron chi connectivity index (χ1n) is 7.54. The van der Waals surface area contributed by atoms with Crippen molar-refractivity contribution >= 4 is 17.5 Å². The molecule has 0 aliphatic rings. The van der Waals surface area contributed by atoms with Gasteiger partial charge in [-0.25, -0.2) is 4.98 Å². The number of carbonyl (C=O) groups is 1. The van der Waals surface area contributed by atoms with E-state index in [2.05, 4.69) is 15.0 Å². The van der Waals surface area contributed by atoms with Crippen LogP contribution >= 0.6 is 11.6 Å². The molecule has 0 spiro atoms. The van der Waals surface area contributed by atoms with Gasteiger partial charge in [0.05, 0.1) is 6.54 Å². The summed E-state index contributed by atoms with van der Waals surface area (Å²) in [7, 11) is 4.00. The first-order chi connectivity index (χ1) is 11.0. The molecule has 2 rings (SSSR count). The van der Waals surface area contributed by atoms with Crippen molar-refractivity contribution in [2.75, 3.05) is 27.2 Å². The highest BCUT2D eigenvalue weighted by Crippen LogP contribution is 2.12. The number of hydrogen-bond donors (Lipinski definition) is 0. The second kappa shape index (κ2) is 8.64. The van der Waals surface area contributed by atoms with Gasteiger partial charge in [0, 0.05) is 31.1 Å². The van der Waals surface area contributed by atoms with Gasteiger partial charge in [-0.2, -0.15) is 5.10 Å². The molecule has 0 aliphatic heterocycles. The number of likely N-dealkylation sites (N-methyl/N-ethyl adjacent to an activating group) is 1. The van der Waals surface area contributed by atoms with Crippen molar-refractivity contribution < 1.29 is 4.79 Å². The monoisotopic (exact) mass is 335 g/mol. The zero-order chi connectivity index (χ0) is 16.7. The summed E-state index contributed by atoms with van der Waals surface area (Å²) in [4.78, 5) is 20.4. The van der Waals surface area contributed by atoms with Crippen molar-refractivity contribution in [3.63, 3.8) is 0 Å². The predicted molar refractivity (Wildman–Crippen MR) is 90.1 cm³/mol. The molecule has 23 heavy (non-hydrogen) atoms. The van der Waals surface area contributed by atoms with Crippen molar-refractivity contribution in [1.29, 1.82) is 0 Å². The molecule has 1 amide bonds. The Bertz CT molecular complexity index is 597. The van der Waals surface area contributed by atoms with Gasteiger partial charge in [-0.05, 0) is 31.8 Å². The van der Waals surface area contributed by atoms with Crippen LogP contribution in [0.1, 0.15) is 12.0 Å². The van der Waals surface area contributed by atoms with Gasteiger partial charge >= 0.3 is 0 Å². The highest BCUT2D eigenvalue weighted by Gasteiger charge is 2.14. The number of aromatic nitrogens is 3. The molecular formula is C16H22ClN5O. The van der Waals surface area contributed by atoms with E-state index in [1.807, 2.05) is 43.3 Å². The number of aryl methyl sites for hydroxylation is 1. The SMILES string of the molecule is CN(C)CCN(Cc1ccc(Cl)cc1)C(=O)CCn1cncn1. The third-order valence-corrected chi connectivity index (χ3v) is 3.73. The summed E-state index contributed by atoms with van der Waals surface area (Å²) in [6.45, 7) is 2.63. The zero-order valence-electron chi connectivity index (χ0n) is 13.5. The molecule has 0 atom stereocenters. The van der Waals surface area contributed by atoms with Gasteiger partial charge in [-0.15, -0.1) is 0 Å². The van der Waals surface area contributed by atoms with Crippen LogP contribution in [-0.4, -0.2) is 57.7 Å². The summed E-state index contributed by atoms with van der Waals surface area (Å²) in [6.07, 6.45) is 3.50. The third-order valence-electron chi connectivity index (χ3n) is 3.48. The summed E-state index contributed by atoms with van der Waals surface area (Å²) in [6, 6.07) is 7.60. The molecular weight excluding hydrogens is 314 g/mol. The number of rotatable bonds is 8. The van der Waals surface area contributed by atoms with Crippen LogP contribution in [0.5, 0.6) is 0 Å². The summed E-state index contributed by atoms with van der Waals surface area (Å²) in [5.41, 5.74) is 1.07. The Morgan fingerprint density at radius 3 is 2.57 bits per heavy atom. The van der Waals surface area contributed by atoms with E-state index in [0.717, 1.165) is 12.1 Å². The van der Waals surface area contributed by atoms with Gasteiger partial charge in [-0.1, -0.05) is 23.7 Å². The number of nitrogens with zero attached hydrogens (tertiary/aromatic N) is 5. The Morgan fingerprint density at radius 2 is 1.96 bits per heavy atom. The van der Waals surface area contributed by atoms with Gasteiger partial charge in [0.15, 0.2) is 0 Å². The smallest absolute Gasteiger partial charge is 0.224 e. The van der Waals surface area contributed by atoms with Gasteiger partial charge in [-0.3, -0.25) is 9.48 Å². The van der Waals surface area contributed by atoms with Crippen molar-refractivity contribution in [1.82, 2.24) is 24.6 Å². The number of halogens is 1. The fourth-order valence-corrected chi connectivity index (χ4v) is 2.27. The lowest BCUT2D eigenvalue weighted by Gasteiger charge is -2.24.